The molecule has 0 spiro atoms. The molecule has 0 bridgehead atoms. The van der Waals surface area contributed by atoms with Gasteiger partial charge in [-0.25, -0.2) is 0 Å². The second-order valence-electron chi connectivity index (χ2n) is 2.22. The summed E-state index contributed by atoms with van der Waals surface area (Å²) in [7, 11) is 0. The second-order valence-corrected chi connectivity index (χ2v) is 2.22. The summed E-state index contributed by atoms with van der Waals surface area (Å²) in [5, 5.41) is 6.25. The molecule has 0 aromatic carbocycles. The van der Waals surface area contributed by atoms with Crippen LogP contribution in [0.2, 0.25) is 0 Å². The van der Waals surface area contributed by atoms with Gasteiger partial charge in [0.15, 0.2) is 0 Å². The van der Waals surface area contributed by atoms with Gasteiger partial charge in [0, 0.05) is 26.2 Å². The van der Waals surface area contributed by atoms with Crippen molar-refractivity contribution in [3.63, 3.8) is 0 Å². The third-order valence-corrected chi connectivity index (χ3v) is 1.43. The molecule has 1 radical (unpaired) electrons. The summed E-state index contributed by atoms with van der Waals surface area (Å²) >= 11 is 0. The highest BCUT2D eigenvalue weighted by atomic mass is 16.1. The Balaban J connectivity index is 2.26. The molecule has 3 nitrogen and oxygen atoms in total. The summed E-state index contributed by atoms with van der Waals surface area (Å²) in [5.41, 5.74) is 0. The summed E-state index contributed by atoms with van der Waals surface area (Å²) in [6.45, 7) is 3.46. The molecule has 0 saturated carbocycles. The van der Waals surface area contributed by atoms with Crippen LogP contribution in [0.15, 0.2) is 0 Å². The van der Waals surface area contributed by atoms with Crippen molar-refractivity contribution in [3.8, 4) is 0 Å². The van der Waals surface area contributed by atoms with E-state index in [2.05, 4.69) is 10.6 Å². The van der Waals surface area contributed by atoms with Crippen molar-refractivity contribution in [1.29, 1.82) is 0 Å². The number of carbonyl (C=O) groups excluding carboxylic acids is 1. The maximum absolute atomic E-state index is 10.1. The zero-order chi connectivity index (χ0) is 6.53. The van der Waals surface area contributed by atoms with Crippen LogP contribution in [0, 0.1) is 5.92 Å². The predicted octanol–water partition coefficient (Wildman–Crippen LogP) is -1.09. The standard InChI is InChI=1S/C6H11N2O/c9-5-6-3-7-1-2-8-4-6/h6-8H,1-4H2. The second kappa shape index (κ2) is 3.58. The third kappa shape index (κ3) is 2.11. The van der Waals surface area contributed by atoms with Gasteiger partial charge in [-0.15, -0.1) is 0 Å². The first-order valence-electron chi connectivity index (χ1n) is 3.22. The lowest BCUT2D eigenvalue weighted by atomic mass is 10.2. The van der Waals surface area contributed by atoms with Crippen molar-refractivity contribution in [2.45, 2.75) is 0 Å². The SMILES string of the molecule is O=[C]C1CNCCNC1. The molecule has 3 heteroatoms. The van der Waals surface area contributed by atoms with Crippen molar-refractivity contribution in [2.24, 2.45) is 5.92 Å². The topological polar surface area (TPSA) is 41.1 Å². The molecule has 1 aliphatic rings. The van der Waals surface area contributed by atoms with E-state index in [0.717, 1.165) is 26.2 Å². The Morgan fingerprint density at radius 2 is 1.78 bits per heavy atom. The van der Waals surface area contributed by atoms with Gasteiger partial charge in [0.05, 0.1) is 5.92 Å². The van der Waals surface area contributed by atoms with E-state index in [1.165, 1.54) is 0 Å². The van der Waals surface area contributed by atoms with Crippen LogP contribution in [-0.2, 0) is 4.79 Å². The summed E-state index contributed by atoms with van der Waals surface area (Å²) in [6, 6.07) is 0. The van der Waals surface area contributed by atoms with Gasteiger partial charge in [-0.1, -0.05) is 0 Å². The van der Waals surface area contributed by atoms with Gasteiger partial charge in [0.1, 0.15) is 0 Å². The van der Waals surface area contributed by atoms with Gasteiger partial charge in [-0.2, -0.15) is 0 Å². The molecule has 51 valence electrons. The summed E-state index contributed by atoms with van der Waals surface area (Å²) in [4.78, 5) is 10.1. The van der Waals surface area contributed by atoms with Gasteiger partial charge in [0.2, 0.25) is 6.29 Å². The normalized spacial score (nSPS) is 23.1. The molecule has 9 heavy (non-hydrogen) atoms. The van der Waals surface area contributed by atoms with E-state index in [4.69, 9.17) is 0 Å². The van der Waals surface area contributed by atoms with Crippen LogP contribution in [0.3, 0.4) is 0 Å². The molecule has 0 unspecified atom stereocenters. The zero-order valence-electron chi connectivity index (χ0n) is 5.31. The zero-order valence-corrected chi connectivity index (χ0v) is 5.31. The molecule has 0 amide bonds. The molecule has 0 aromatic rings. The number of nitrogens with one attached hydrogen (secondary N) is 2. The van der Waals surface area contributed by atoms with Crippen molar-refractivity contribution in [3.05, 3.63) is 0 Å². The summed E-state index contributed by atoms with van der Waals surface area (Å²) in [5.74, 6) is 0.0486. The fourth-order valence-electron chi connectivity index (χ4n) is 0.885. The minimum absolute atomic E-state index is 0.0486. The van der Waals surface area contributed by atoms with Crippen LogP contribution < -0.4 is 10.6 Å². The Bertz CT molecular complexity index is 87.1. The number of rotatable bonds is 1. The number of hydrogen-bond acceptors (Lipinski definition) is 3. The van der Waals surface area contributed by atoms with E-state index in [-0.39, 0.29) is 5.92 Å². The molecular weight excluding hydrogens is 116 g/mol. The Kier molecular flexibility index (Phi) is 2.67. The average Bonchev–Trinajstić information content (AvgIpc) is 2.13. The van der Waals surface area contributed by atoms with E-state index in [9.17, 15) is 4.79 Å². The Morgan fingerprint density at radius 3 is 2.22 bits per heavy atom. The lowest BCUT2D eigenvalue weighted by Crippen LogP contribution is -2.24. The van der Waals surface area contributed by atoms with E-state index < -0.39 is 0 Å². The largest absolute Gasteiger partial charge is 0.315 e. The monoisotopic (exact) mass is 127 g/mol. The molecule has 0 aromatic heterocycles. The van der Waals surface area contributed by atoms with Crippen LogP contribution in [0.1, 0.15) is 0 Å². The fraction of sp³-hybridized carbons (Fsp3) is 0.833. The third-order valence-electron chi connectivity index (χ3n) is 1.43. The van der Waals surface area contributed by atoms with Crippen molar-refractivity contribution < 1.29 is 4.79 Å². The van der Waals surface area contributed by atoms with Gasteiger partial charge in [-0.3, -0.25) is 4.79 Å². The summed E-state index contributed by atoms with van der Waals surface area (Å²) in [6.07, 6.45) is 1.97. The van der Waals surface area contributed by atoms with Gasteiger partial charge >= 0.3 is 0 Å². The van der Waals surface area contributed by atoms with Gasteiger partial charge in [0.25, 0.3) is 0 Å². The lowest BCUT2D eigenvalue weighted by molar-refractivity contribution is 0.510. The van der Waals surface area contributed by atoms with E-state index >= 15 is 0 Å². The lowest BCUT2D eigenvalue weighted by Gasteiger charge is -2.01. The average molecular weight is 127 g/mol. The predicted molar refractivity (Wildman–Crippen MR) is 34.9 cm³/mol. The van der Waals surface area contributed by atoms with Gasteiger partial charge in [-0.05, 0) is 0 Å². The van der Waals surface area contributed by atoms with Crippen LogP contribution >= 0.6 is 0 Å². The maximum Gasteiger partial charge on any atom is 0.204 e. The van der Waals surface area contributed by atoms with E-state index in [1.807, 2.05) is 6.29 Å². The fourth-order valence-corrected chi connectivity index (χ4v) is 0.885. The van der Waals surface area contributed by atoms with Crippen LogP contribution in [0.5, 0.6) is 0 Å². The highest BCUT2D eigenvalue weighted by Gasteiger charge is 2.09. The van der Waals surface area contributed by atoms with Crippen LogP contribution in [0.25, 0.3) is 0 Å². The highest BCUT2D eigenvalue weighted by molar-refractivity contribution is 5.55. The molecule has 1 saturated heterocycles. The smallest absolute Gasteiger partial charge is 0.204 e. The first kappa shape index (κ1) is 6.71. The summed E-state index contributed by atoms with van der Waals surface area (Å²) < 4.78 is 0. The first-order valence-corrected chi connectivity index (χ1v) is 3.22. The quantitative estimate of drug-likeness (QED) is 0.470. The minimum Gasteiger partial charge on any atom is -0.315 e. The molecule has 0 aliphatic carbocycles. The Morgan fingerprint density at radius 1 is 1.22 bits per heavy atom. The Hall–Kier alpha value is -0.410. The van der Waals surface area contributed by atoms with Crippen LogP contribution in [-0.4, -0.2) is 32.5 Å². The Labute approximate surface area is 54.8 Å². The molecule has 2 N–H and O–H groups in total. The maximum atomic E-state index is 10.1. The van der Waals surface area contributed by atoms with Crippen molar-refractivity contribution in [2.75, 3.05) is 26.2 Å². The molecule has 1 heterocycles. The minimum atomic E-state index is 0.0486. The van der Waals surface area contributed by atoms with Gasteiger partial charge < -0.3 is 10.6 Å². The molecule has 1 aliphatic heterocycles. The highest BCUT2D eigenvalue weighted by Crippen LogP contribution is 1.88. The molecule has 0 atom stereocenters. The van der Waals surface area contributed by atoms with E-state index in [0.29, 0.717) is 0 Å². The molecule has 1 fully saturated rings. The van der Waals surface area contributed by atoms with Crippen LogP contribution in [0.4, 0.5) is 0 Å². The first-order chi connectivity index (χ1) is 4.43. The van der Waals surface area contributed by atoms with Crippen molar-refractivity contribution in [1.82, 2.24) is 10.6 Å². The molecular formula is C6H11N2O. The molecule has 1 rings (SSSR count). The van der Waals surface area contributed by atoms with E-state index in [1.54, 1.807) is 0 Å². The number of hydrogen-bond donors (Lipinski definition) is 2. The van der Waals surface area contributed by atoms with Crippen molar-refractivity contribution >= 4 is 6.29 Å².